The second kappa shape index (κ2) is 6.15. The van der Waals surface area contributed by atoms with Crippen LogP contribution in [-0.4, -0.2) is 5.97 Å². The molecule has 0 radical (unpaired) electrons. The minimum atomic E-state index is -1.71. The van der Waals surface area contributed by atoms with Crippen LogP contribution in [0.3, 0.4) is 0 Å². The third-order valence-electron chi connectivity index (χ3n) is 4.22. The van der Waals surface area contributed by atoms with Crippen LogP contribution >= 0.6 is 11.6 Å². The van der Waals surface area contributed by atoms with Crippen molar-refractivity contribution in [2.45, 2.75) is 27.4 Å². The fourth-order valence-corrected chi connectivity index (χ4v) is 2.87. The van der Waals surface area contributed by atoms with Crippen molar-refractivity contribution in [3.8, 4) is 0 Å². The number of benzene rings is 1. The lowest BCUT2D eigenvalue weighted by molar-refractivity contribution is -0.147. The van der Waals surface area contributed by atoms with Gasteiger partial charge in [-0.05, 0) is 18.3 Å². The lowest BCUT2D eigenvalue weighted by atomic mass is 10.1. The second-order valence-electron chi connectivity index (χ2n) is 6.01. The second-order valence-corrected chi connectivity index (χ2v) is 6.38. The molecule has 1 saturated carbocycles. The number of esters is 1. The highest BCUT2D eigenvalue weighted by Gasteiger charge is 2.61. The standard InChI is InChI=1S/C16H15ClF4O2/c1-4-5-8-9(16(8,2)3)15(22)23-6-7-11(18)13(20)10(17)14(21)12(7)19/h4-5,8-9H,6H2,1-3H3/b5-4-/t8-,9+/m1/s1. The maximum atomic E-state index is 13.7. The number of allylic oxidation sites excluding steroid dienone is 2. The van der Waals surface area contributed by atoms with E-state index in [1.54, 1.807) is 13.0 Å². The Labute approximate surface area is 136 Å². The van der Waals surface area contributed by atoms with Gasteiger partial charge in [0.05, 0.1) is 11.5 Å². The van der Waals surface area contributed by atoms with Crippen molar-refractivity contribution < 1.29 is 27.1 Å². The van der Waals surface area contributed by atoms with Gasteiger partial charge in [-0.25, -0.2) is 17.6 Å². The molecule has 0 aliphatic heterocycles. The normalized spacial score (nSPS) is 22.4. The van der Waals surface area contributed by atoms with Gasteiger partial charge in [0, 0.05) is 0 Å². The van der Waals surface area contributed by atoms with Gasteiger partial charge >= 0.3 is 5.97 Å². The zero-order valence-corrected chi connectivity index (χ0v) is 13.5. The van der Waals surface area contributed by atoms with E-state index in [9.17, 15) is 22.4 Å². The zero-order valence-electron chi connectivity index (χ0n) is 12.7. The molecular formula is C16H15ClF4O2. The first kappa shape index (κ1) is 17.8. The lowest BCUT2D eigenvalue weighted by Gasteiger charge is -2.10. The van der Waals surface area contributed by atoms with Gasteiger partial charge in [0.1, 0.15) is 11.6 Å². The summed E-state index contributed by atoms with van der Waals surface area (Å²) in [5.74, 6) is -7.94. The first-order chi connectivity index (χ1) is 10.6. The van der Waals surface area contributed by atoms with Gasteiger partial charge in [-0.2, -0.15) is 0 Å². The molecule has 0 aromatic heterocycles. The number of hydrogen-bond donors (Lipinski definition) is 0. The van der Waals surface area contributed by atoms with Crippen LogP contribution in [0.2, 0.25) is 5.02 Å². The molecule has 1 fully saturated rings. The SMILES string of the molecule is C/C=C\[C@@H]1[C@@H](C(=O)OCc2c(F)c(F)c(Cl)c(F)c2F)C1(C)C. The summed E-state index contributed by atoms with van der Waals surface area (Å²) >= 11 is 5.13. The Hall–Kier alpha value is -1.56. The molecule has 1 aliphatic carbocycles. The largest absolute Gasteiger partial charge is 0.460 e. The maximum Gasteiger partial charge on any atom is 0.310 e. The summed E-state index contributed by atoms with van der Waals surface area (Å²) in [5, 5.41) is -1.27. The summed E-state index contributed by atoms with van der Waals surface area (Å²) in [4.78, 5) is 12.0. The summed E-state index contributed by atoms with van der Waals surface area (Å²) in [7, 11) is 0. The van der Waals surface area contributed by atoms with E-state index in [1.807, 2.05) is 19.9 Å². The van der Waals surface area contributed by atoms with Gasteiger partial charge in [0.25, 0.3) is 0 Å². The van der Waals surface area contributed by atoms with Gasteiger partial charge in [0.2, 0.25) is 0 Å². The average molecular weight is 351 g/mol. The van der Waals surface area contributed by atoms with E-state index in [-0.39, 0.29) is 11.3 Å². The van der Waals surface area contributed by atoms with Gasteiger partial charge < -0.3 is 4.74 Å². The molecule has 2 nitrogen and oxygen atoms in total. The van der Waals surface area contributed by atoms with Crippen molar-refractivity contribution in [2.24, 2.45) is 17.3 Å². The van der Waals surface area contributed by atoms with Crippen molar-refractivity contribution in [3.05, 3.63) is 46.0 Å². The summed E-state index contributed by atoms with van der Waals surface area (Å²) in [5.41, 5.74) is -1.34. The number of carbonyl (C=O) groups is 1. The van der Waals surface area contributed by atoms with Crippen molar-refractivity contribution in [1.29, 1.82) is 0 Å². The summed E-state index contributed by atoms with van der Waals surface area (Å²) in [6, 6.07) is 0. The Morgan fingerprint density at radius 1 is 1.17 bits per heavy atom. The molecule has 0 unspecified atom stereocenters. The van der Waals surface area contributed by atoms with Crippen LogP contribution in [0.4, 0.5) is 17.6 Å². The number of hydrogen-bond acceptors (Lipinski definition) is 2. The molecule has 1 aliphatic rings. The molecule has 126 valence electrons. The average Bonchev–Trinajstić information content (AvgIpc) is 3.04. The zero-order chi connectivity index (χ0) is 17.5. The summed E-state index contributed by atoms with van der Waals surface area (Å²) < 4.78 is 58.8. The Morgan fingerprint density at radius 3 is 2.17 bits per heavy atom. The van der Waals surface area contributed by atoms with E-state index in [0.717, 1.165) is 0 Å². The van der Waals surface area contributed by atoms with Crippen molar-refractivity contribution in [1.82, 2.24) is 0 Å². The van der Waals surface area contributed by atoms with E-state index in [2.05, 4.69) is 0 Å². The number of halogens is 5. The molecule has 0 bridgehead atoms. The van der Waals surface area contributed by atoms with E-state index in [1.165, 1.54) is 0 Å². The monoisotopic (exact) mass is 350 g/mol. The van der Waals surface area contributed by atoms with Gasteiger partial charge in [0.15, 0.2) is 23.3 Å². The molecule has 0 saturated heterocycles. The molecule has 0 spiro atoms. The molecule has 2 atom stereocenters. The van der Waals surface area contributed by atoms with Gasteiger partial charge in [-0.3, -0.25) is 4.79 Å². The first-order valence-electron chi connectivity index (χ1n) is 6.94. The number of rotatable bonds is 4. The Kier molecular flexibility index (Phi) is 4.76. The predicted octanol–water partition coefficient (Wildman–Crippen LogP) is 4.79. The van der Waals surface area contributed by atoms with Crippen molar-refractivity contribution >= 4 is 17.6 Å². The molecule has 7 heteroatoms. The highest BCUT2D eigenvalue weighted by molar-refractivity contribution is 6.30. The third kappa shape index (κ3) is 2.96. The first-order valence-corrected chi connectivity index (χ1v) is 7.32. The van der Waals surface area contributed by atoms with Crippen LogP contribution < -0.4 is 0 Å². The molecule has 0 heterocycles. The maximum absolute atomic E-state index is 13.7. The molecule has 1 aromatic rings. The molecule has 0 amide bonds. The highest BCUT2D eigenvalue weighted by Crippen LogP contribution is 2.59. The van der Waals surface area contributed by atoms with Crippen LogP contribution in [0.5, 0.6) is 0 Å². The predicted molar refractivity (Wildman–Crippen MR) is 76.7 cm³/mol. The molecule has 2 rings (SSSR count). The van der Waals surface area contributed by atoms with E-state index in [0.29, 0.717) is 0 Å². The Morgan fingerprint density at radius 2 is 1.70 bits per heavy atom. The smallest absolute Gasteiger partial charge is 0.310 e. The van der Waals surface area contributed by atoms with Crippen molar-refractivity contribution in [3.63, 3.8) is 0 Å². The summed E-state index contributed by atoms with van der Waals surface area (Å²) in [6.45, 7) is 4.61. The van der Waals surface area contributed by atoms with Gasteiger partial charge in [-0.15, -0.1) is 0 Å². The van der Waals surface area contributed by atoms with E-state index >= 15 is 0 Å². The minimum Gasteiger partial charge on any atom is -0.460 e. The summed E-state index contributed by atoms with van der Waals surface area (Å²) in [6.07, 6.45) is 3.64. The van der Waals surface area contributed by atoms with Crippen molar-refractivity contribution in [2.75, 3.05) is 0 Å². The molecule has 0 N–H and O–H groups in total. The molecule has 1 aromatic carbocycles. The van der Waals surface area contributed by atoms with Crippen LogP contribution in [0.25, 0.3) is 0 Å². The quantitative estimate of drug-likeness (QED) is 0.257. The third-order valence-corrected chi connectivity index (χ3v) is 4.56. The van der Waals surface area contributed by atoms with Gasteiger partial charge in [-0.1, -0.05) is 37.6 Å². The van der Waals surface area contributed by atoms with E-state index < -0.39 is 52.3 Å². The van der Waals surface area contributed by atoms with Crippen LogP contribution in [0.1, 0.15) is 26.3 Å². The topological polar surface area (TPSA) is 26.3 Å². The number of ether oxygens (including phenoxy) is 1. The van der Waals surface area contributed by atoms with Crippen LogP contribution in [0, 0.1) is 40.5 Å². The number of carbonyl (C=O) groups excluding carboxylic acids is 1. The molecule has 23 heavy (non-hydrogen) atoms. The highest BCUT2D eigenvalue weighted by atomic mass is 35.5. The van der Waals surface area contributed by atoms with Crippen LogP contribution in [0.15, 0.2) is 12.2 Å². The molecular weight excluding hydrogens is 336 g/mol. The lowest BCUT2D eigenvalue weighted by Crippen LogP contribution is -2.13. The fraction of sp³-hybridized carbons (Fsp3) is 0.438. The fourth-order valence-electron chi connectivity index (χ4n) is 2.70. The van der Waals surface area contributed by atoms with E-state index in [4.69, 9.17) is 16.3 Å². The Bertz CT molecular complexity index is 656. The minimum absolute atomic E-state index is 0.0478. The van der Waals surface area contributed by atoms with Crippen LogP contribution in [-0.2, 0) is 16.1 Å². The Balaban J connectivity index is 2.15.